The third kappa shape index (κ3) is 2.62. The summed E-state index contributed by atoms with van der Waals surface area (Å²) in [5.41, 5.74) is 2.21. The Morgan fingerprint density at radius 1 is 1.31 bits per heavy atom. The molecule has 16 heavy (non-hydrogen) atoms. The minimum Gasteiger partial charge on any atom is -0.460 e. The number of rotatable bonds is 5. The van der Waals surface area contributed by atoms with Gasteiger partial charge in [0.25, 0.3) is 0 Å². The summed E-state index contributed by atoms with van der Waals surface area (Å²) in [7, 11) is 1.70. The molecule has 0 aliphatic carbocycles. The second-order valence-corrected chi connectivity index (χ2v) is 3.92. The Bertz CT molecular complexity index is 462. The Morgan fingerprint density at radius 2 is 2.19 bits per heavy atom. The number of benzene rings is 1. The van der Waals surface area contributed by atoms with Gasteiger partial charge in [-0.3, -0.25) is 0 Å². The molecule has 1 heterocycles. The minimum atomic E-state index is 0.722. The lowest BCUT2D eigenvalue weighted by Gasteiger charge is -2.00. The fourth-order valence-corrected chi connectivity index (χ4v) is 1.69. The average Bonchev–Trinajstić information content (AvgIpc) is 2.66. The molecule has 0 unspecified atom stereocenters. The number of hydrogen-bond acceptors (Lipinski definition) is 3. The standard InChI is InChI=1S/C13H17NO2/c1-10-3-4-13-11(7-10)8-12(16-13)9-14-5-6-15-2/h3-4,7-8,14H,5-6,9H2,1-2H3. The van der Waals surface area contributed by atoms with Crippen LogP contribution in [0.15, 0.2) is 28.7 Å². The van der Waals surface area contributed by atoms with Crippen LogP contribution < -0.4 is 5.32 Å². The van der Waals surface area contributed by atoms with E-state index in [1.165, 1.54) is 10.9 Å². The summed E-state index contributed by atoms with van der Waals surface area (Å²) in [6.45, 7) is 4.39. The van der Waals surface area contributed by atoms with Gasteiger partial charge in [-0.05, 0) is 25.1 Å². The lowest BCUT2D eigenvalue weighted by atomic mass is 10.2. The van der Waals surface area contributed by atoms with E-state index in [-0.39, 0.29) is 0 Å². The lowest BCUT2D eigenvalue weighted by Crippen LogP contribution is -2.18. The van der Waals surface area contributed by atoms with E-state index in [9.17, 15) is 0 Å². The Balaban J connectivity index is 2.02. The maximum absolute atomic E-state index is 5.70. The third-order valence-electron chi connectivity index (χ3n) is 2.51. The summed E-state index contributed by atoms with van der Waals surface area (Å²) >= 11 is 0. The van der Waals surface area contributed by atoms with E-state index < -0.39 is 0 Å². The van der Waals surface area contributed by atoms with Crippen molar-refractivity contribution in [1.82, 2.24) is 5.32 Å². The molecule has 2 rings (SSSR count). The normalized spacial score (nSPS) is 11.1. The zero-order valence-corrected chi connectivity index (χ0v) is 9.75. The van der Waals surface area contributed by atoms with Gasteiger partial charge in [-0.1, -0.05) is 11.6 Å². The van der Waals surface area contributed by atoms with Crippen molar-refractivity contribution < 1.29 is 9.15 Å². The number of nitrogens with one attached hydrogen (secondary N) is 1. The number of furan rings is 1. The lowest BCUT2D eigenvalue weighted by molar-refractivity contribution is 0.198. The van der Waals surface area contributed by atoms with Crippen LogP contribution in [0.1, 0.15) is 11.3 Å². The quantitative estimate of drug-likeness (QED) is 0.784. The summed E-state index contributed by atoms with van der Waals surface area (Å²) < 4.78 is 10.7. The highest BCUT2D eigenvalue weighted by Crippen LogP contribution is 2.20. The molecule has 0 atom stereocenters. The topological polar surface area (TPSA) is 34.4 Å². The molecular weight excluding hydrogens is 202 g/mol. The Kier molecular flexibility index (Phi) is 3.59. The number of hydrogen-bond donors (Lipinski definition) is 1. The maximum Gasteiger partial charge on any atom is 0.134 e. The molecule has 0 fully saturated rings. The van der Waals surface area contributed by atoms with Crippen LogP contribution in [0.4, 0.5) is 0 Å². The monoisotopic (exact) mass is 219 g/mol. The van der Waals surface area contributed by atoms with Crippen LogP contribution in [-0.4, -0.2) is 20.3 Å². The van der Waals surface area contributed by atoms with Crippen molar-refractivity contribution in [2.75, 3.05) is 20.3 Å². The molecule has 3 heteroatoms. The van der Waals surface area contributed by atoms with E-state index in [2.05, 4.69) is 30.4 Å². The number of methoxy groups -OCH3 is 1. The molecule has 86 valence electrons. The molecule has 0 bridgehead atoms. The summed E-state index contributed by atoms with van der Waals surface area (Å²) in [6.07, 6.45) is 0. The first kappa shape index (κ1) is 11.2. The highest BCUT2D eigenvalue weighted by Gasteiger charge is 2.02. The molecule has 0 aliphatic heterocycles. The molecule has 0 saturated carbocycles. The van der Waals surface area contributed by atoms with Crippen LogP contribution in [0.2, 0.25) is 0 Å². The van der Waals surface area contributed by atoms with Gasteiger partial charge in [0, 0.05) is 19.0 Å². The molecule has 1 aromatic carbocycles. The zero-order valence-electron chi connectivity index (χ0n) is 9.75. The van der Waals surface area contributed by atoms with Gasteiger partial charge in [-0.25, -0.2) is 0 Å². The van der Waals surface area contributed by atoms with Crippen molar-refractivity contribution in [2.24, 2.45) is 0 Å². The van der Waals surface area contributed by atoms with Crippen LogP contribution in [-0.2, 0) is 11.3 Å². The predicted molar refractivity (Wildman–Crippen MR) is 64.5 cm³/mol. The largest absolute Gasteiger partial charge is 0.460 e. The highest BCUT2D eigenvalue weighted by molar-refractivity contribution is 5.78. The van der Waals surface area contributed by atoms with Crippen LogP contribution in [0, 0.1) is 6.92 Å². The van der Waals surface area contributed by atoms with Crippen molar-refractivity contribution in [3.63, 3.8) is 0 Å². The van der Waals surface area contributed by atoms with Gasteiger partial charge in [-0.15, -0.1) is 0 Å². The number of fused-ring (bicyclic) bond motifs is 1. The minimum absolute atomic E-state index is 0.722. The molecule has 3 nitrogen and oxygen atoms in total. The van der Waals surface area contributed by atoms with E-state index in [0.717, 1.165) is 31.0 Å². The molecule has 1 aromatic heterocycles. The van der Waals surface area contributed by atoms with Gasteiger partial charge in [0.1, 0.15) is 11.3 Å². The molecule has 2 aromatic rings. The summed E-state index contributed by atoms with van der Waals surface area (Å²) in [6, 6.07) is 8.30. The number of aryl methyl sites for hydroxylation is 1. The van der Waals surface area contributed by atoms with Crippen LogP contribution in [0.3, 0.4) is 0 Å². The molecule has 0 radical (unpaired) electrons. The second kappa shape index (κ2) is 5.14. The molecule has 0 saturated heterocycles. The van der Waals surface area contributed by atoms with E-state index in [1.54, 1.807) is 7.11 Å². The Hall–Kier alpha value is -1.32. The SMILES string of the molecule is COCCNCc1cc2cc(C)ccc2o1. The first-order valence-electron chi connectivity index (χ1n) is 5.48. The van der Waals surface area contributed by atoms with Gasteiger partial charge in [0.2, 0.25) is 0 Å². The third-order valence-corrected chi connectivity index (χ3v) is 2.51. The Morgan fingerprint density at radius 3 is 3.00 bits per heavy atom. The van der Waals surface area contributed by atoms with Gasteiger partial charge in [0.05, 0.1) is 13.2 Å². The molecular formula is C13H17NO2. The van der Waals surface area contributed by atoms with Crippen molar-refractivity contribution in [3.8, 4) is 0 Å². The van der Waals surface area contributed by atoms with E-state index >= 15 is 0 Å². The molecule has 1 N–H and O–H groups in total. The molecule has 0 spiro atoms. The maximum atomic E-state index is 5.70. The zero-order chi connectivity index (χ0) is 11.4. The van der Waals surface area contributed by atoms with Crippen molar-refractivity contribution in [2.45, 2.75) is 13.5 Å². The van der Waals surface area contributed by atoms with Crippen LogP contribution in [0.5, 0.6) is 0 Å². The van der Waals surface area contributed by atoms with E-state index in [0.29, 0.717) is 0 Å². The van der Waals surface area contributed by atoms with E-state index in [4.69, 9.17) is 9.15 Å². The molecule has 0 aliphatic rings. The fourth-order valence-electron chi connectivity index (χ4n) is 1.69. The summed E-state index contributed by atoms with van der Waals surface area (Å²) in [4.78, 5) is 0. The average molecular weight is 219 g/mol. The van der Waals surface area contributed by atoms with Crippen molar-refractivity contribution in [1.29, 1.82) is 0 Å². The van der Waals surface area contributed by atoms with E-state index in [1.807, 2.05) is 6.07 Å². The van der Waals surface area contributed by atoms with Gasteiger partial charge < -0.3 is 14.5 Å². The first-order valence-corrected chi connectivity index (χ1v) is 5.48. The van der Waals surface area contributed by atoms with Gasteiger partial charge >= 0.3 is 0 Å². The van der Waals surface area contributed by atoms with Crippen molar-refractivity contribution in [3.05, 3.63) is 35.6 Å². The predicted octanol–water partition coefficient (Wildman–Crippen LogP) is 2.48. The van der Waals surface area contributed by atoms with Gasteiger partial charge in [-0.2, -0.15) is 0 Å². The first-order chi connectivity index (χ1) is 7.79. The summed E-state index contributed by atoms with van der Waals surface area (Å²) in [5.74, 6) is 0.969. The second-order valence-electron chi connectivity index (χ2n) is 3.92. The van der Waals surface area contributed by atoms with Crippen molar-refractivity contribution >= 4 is 11.0 Å². The number of ether oxygens (including phenoxy) is 1. The smallest absolute Gasteiger partial charge is 0.134 e. The van der Waals surface area contributed by atoms with Crippen LogP contribution in [0.25, 0.3) is 11.0 Å². The van der Waals surface area contributed by atoms with Gasteiger partial charge in [0.15, 0.2) is 0 Å². The fraction of sp³-hybridized carbons (Fsp3) is 0.385. The Labute approximate surface area is 95.4 Å². The highest BCUT2D eigenvalue weighted by atomic mass is 16.5. The van der Waals surface area contributed by atoms with Crippen LogP contribution >= 0.6 is 0 Å². The summed E-state index contributed by atoms with van der Waals surface area (Å²) in [5, 5.41) is 4.43. The molecule has 0 amide bonds.